The average Bonchev–Trinajstić information content (AvgIpc) is 2.61. The highest BCUT2D eigenvalue weighted by molar-refractivity contribution is 6.40. The van der Waals surface area contributed by atoms with E-state index < -0.39 is 11.8 Å². The van der Waals surface area contributed by atoms with E-state index in [0.29, 0.717) is 23.4 Å². The highest BCUT2D eigenvalue weighted by atomic mass is 16.2. The van der Waals surface area contributed by atoms with Crippen LogP contribution in [0.25, 0.3) is 0 Å². The third kappa shape index (κ3) is 6.54. The number of hydrogen-bond acceptors (Lipinski definition) is 4. The number of rotatable bonds is 7. The standard InChI is InChI=1S/C18H26N4O4/c1-5-12(4)21-16(24)13-7-8-14(11(3)9-13)22-18(26)17(25)20-10-15(23)19-6-2/h7-9,12H,5-6,10H2,1-4H3,(H,19,23)(H,20,25)(H,21,24)(H,22,26). The summed E-state index contributed by atoms with van der Waals surface area (Å²) >= 11 is 0. The summed E-state index contributed by atoms with van der Waals surface area (Å²) in [5, 5.41) is 10.1. The van der Waals surface area contributed by atoms with Crippen molar-refractivity contribution in [3.63, 3.8) is 0 Å². The molecule has 4 amide bonds. The molecule has 4 N–H and O–H groups in total. The second-order valence-corrected chi connectivity index (χ2v) is 5.90. The van der Waals surface area contributed by atoms with Crippen molar-refractivity contribution in [3.05, 3.63) is 29.3 Å². The molecule has 142 valence electrons. The summed E-state index contributed by atoms with van der Waals surface area (Å²) in [5.41, 5.74) is 1.54. The lowest BCUT2D eigenvalue weighted by molar-refractivity contribution is -0.136. The van der Waals surface area contributed by atoms with Gasteiger partial charge in [0.2, 0.25) is 5.91 Å². The van der Waals surface area contributed by atoms with Gasteiger partial charge in [-0.15, -0.1) is 0 Å². The molecule has 1 aromatic carbocycles. The molecule has 8 nitrogen and oxygen atoms in total. The fourth-order valence-electron chi connectivity index (χ4n) is 2.03. The molecule has 1 aromatic rings. The van der Waals surface area contributed by atoms with Crippen molar-refractivity contribution in [3.8, 4) is 0 Å². The van der Waals surface area contributed by atoms with E-state index in [1.165, 1.54) is 0 Å². The van der Waals surface area contributed by atoms with Crippen molar-refractivity contribution in [2.24, 2.45) is 0 Å². The van der Waals surface area contributed by atoms with Crippen LogP contribution >= 0.6 is 0 Å². The molecular weight excluding hydrogens is 336 g/mol. The number of carbonyl (C=O) groups is 4. The SMILES string of the molecule is CCNC(=O)CNC(=O)C(=O)Nc1ccc(C(=O)NC(C)CC)cc1C. The maximum absolute atomic E-state index is 12.1. The first kappa shape index (κ1) is 21.1. The normalized spacial score (nSPS) is 11.2. The largest absolute Gasteiger partial charge is 0.355 e. The first-order valence-corrected chi connectivity index (χ1v) is 8.55. The van der Waals surface area contributed by atoms with Crippen molar-refractivity contribution >= 4 is 29.3 Å². The molecule has 8 heteroatoms. The van der Waals surface area contributed by atoms with E-state index in [4.69, 9.17) is 0 Å². The number of carbonyl (C=O) groups excluding carboxylic acids is 4. The number of aryl methyl sites for hydroxylation is 1. The molecule has 0 aliphatic carbocycles. The van der Waals surface area contributed by atoms with Crippen molar-refractivity contribution < 1.29 is 19.2 Å². The molecule has 0 spiro atoms. The summed E-state index contributed by atoms with van der Waals surface area (Å²) < 4.78 is 0. The molecule has 0 heterocycles. The Morgan fingerprint density at radius 3 is 2.31 bits per heavy atom. The second-order valence-electron chi connectivity index (χ2n) is 5.90. The summed E-state index contributed by atoms with van der Waals surface area (Å²) in [6.45, 7) is 7.54. The van der Waals surface area contributed by atoms with E-state index >= 15 is 0 Å². The fraction of sp³-hybridized carbons (Fsp3) is 0.444. The monoisotopic (exact) mass is 362 g/mol. The zero-order valence-corrected chi connectivity index (χ0v) is 15.6. The third-order valence-electron chi connectivity index (χ3n) is 3.72. The van der Waals surface area contributed by atoms with E-state index in [-0.39, 0.29) is 24.4 Å². The third-order valence-corrected chi connectivity index (χ3v) is 3.72. The number of anilines is 1. The molecule has 26 heavy (non-hydrogen) atoms. The Hall–Kier alpha value is -2.90. The van der Waals surface area contributed by atoms with Crippen LogP contribution in [0.5, 0.6) is 0 Å². The van der Waals surface area contributed by atoms with Gasteiger partial charge in [0.05, 0.1) is 6.54 Å². The molecule has 1 atom stereocenters. The maximum Gasteiger partial charge on any atom is 0.313 e. The second kappa shape index (κ2) is 10.2. The van der Waals surface area contributed by atoms with Crippen LogP contribution in [0.1, 0.15) is 43.1 Å². The number of hydrogen-bond donors (Lipinski definition) is 4. The van der Waals surface area contributed by atoms with Crippen LogP contribution in [0, 0.1) is 6.92 Å². The Kier molecular flexibility index (Phi) is 8.27. The summed E-state index contributed by atoms with van der Waals surface area (Å²) in [6, 6.07) is 4.85. The Labute approximate surface area is 153 Å². The van der Waals surface area contributed by atoms with Crippen molar-refractivity contribution in [2.45, 2.75) is 40.2 Å². The molecule has 0 fully saturated rings. The number of nitrogens with one attached hydrogen (secondary N) is 4. The van der Waals surface area contributed by atoms with Crippen LogP contribution in [0.2, 0.25) is 0 Å². The quantitative estimate of drug-likeness (QED) is 0.535. The molecular formula is C18H26N4O4. The van der Waals surface area contributed by atoms with Gasteiger partial charge in [-0.3, -0.25) is 19.2 Å². The lowest BCUT2D eigenvalue weighted by atomic mass is 10.1. The minimum Gasteiger partial charge on any atom is -0.355 e. The molecule has 0 saturated heterocycles. The minimum absolute atomic E-state index is 0.0655. The van der Waals surface area contributed by atoms with E-state index in [0.717, 1.165) is 6.42 Å². The van der Waals surface area contributed by atoms with Crippen molar-refractivity contribution in [2.75, 3.05) is 18.4 Å². The van der Waals surface area contributed by atoms with Crippen molar-refractivity contribution in [1.82, 2.24) is 16.0 Å². The predicted molar refractivity (Wildman–Crippen MR) is 98.7 cm³/mol. The van der Waals surface area contributed by atoms with E-state index in [2.05, 4.69) is 21.3 Å². The van der Waals surface area contributed by atoms with Crippen LogP contribution in [0.3, 0.4) is 0 Å². The number of benzene rings is 1. The highest BCUT2D eigenvalue weighted by Gasteiger charge is 2.16. The van der Waals surface area contributed by atoms with Gasteiger partial charge in [0, 0.05) is 23.8 Å². The van der Waals surface area contributed by atoms with Gasteiger partial charge in [-0.2, -0.15) is 0 Å². The summed E-state index contributed by atoms with van der Waals surface area (Å²) in [7, 11) is 0. The van der Waals surface area contributed by atoms with Crippen LogP contribution in [0.15, 0.2) is 18.2 Å². The van der Waals surface area contributed by atoms with Crippen LogP contribution in [-0.2, 0) is 14.4 Å². The molecule has 0 aromatic heterocycles. The smallest absolute Gasteiger partial charge is 0.313 e. The molecule has 0 aliphatic rings. The molecule has 0 aliphatic heterocycles. The summed E-state index contributed by atoms with van der Waals surface area (Å²) in [6.07, 6.45) is 0.824. The van der Waals surface area contributed by atoms with Crippen LogP contribution < -0.4 is 21.3 Å². The Bertz CT molecular complexity index is 688. The lowest BCUT2D eigenvalue weighted by Gasteiger charge is -2.13. The zero-order chi connectivity index (χ0) is 19.7. The first-order valence-electron chi connectivity index (χ1n) is 8.55. The van der Waals surface area contributed by atoms with Gasteiger partial charge in [-0.25, -0.2) is 0 Å². The molecule has 1 rings (SSSR count). The number of amides is 4. The van der Waals surface area contributed by atoms with Crippen LogP contribution in [-0.4, -0.2) is 42.8 Å². The summed E-state index contributed by atoms with van der Waals surface area (Å²) in [5.74, 6) is -2.36. The van der Waals surface area contributed by atoms with Crippen LogP contribution in [0.4, 0.5) is 5.69 Å². The maximum atomic E-state index is 12.1. The van der Waals surface area contributed by atoms with Gasteiger partial charge in [-0.05, 0) is 51.0 Å². The minimum atomic E-state index is -0.908. The van der Waals surface area contributed by atoms with Crippen molar-refractivity contribution in [1.29, 1.82) is 0 Å². The topological polar surface area (TPSA) is 116 Å². The van der Waals surface area contributed by atoms with Gasteiger partial charge in [0.1, 0.15) is 0 Å². The molecule has 1 unspecified atom stereocenters. The van der Waals surface area contributed by atoms with E-state index in [1.54, 1.807) is 32.0 Å². The van der Waals surface area contributed by atoms with Gasteiger partial charge < -0.3 is 21.3 Å². The van der Waals surface area contributed by atoms with E-state index in [9.17, 15) is 19.2 Å². The first-order chi connectivity index (χ1) is 12.3. The lowest BCUT2D eigenvalue weighted by Crippen LogP contribution is -2.41. The van der Waals surface area contributed by atoms with Gasteiger partial charge >= 0.3 is 11.8 Å². The average molecular weight is 362 g/mol. The fourth-order valence-corrected chi connectivity index (χ4v) is 2.03. The van der Waals surface area contributed by atoms with Gasteiger partial charge in [-0.1, -0.05) is 6.92 Å². The molecule has 0 radical (unpaired) electrons. The Balaban J connectivity index is 2.67. The molecule has 0 saturated carbocycles. The Morgan fingerprint density at radius 1 is 1.04 bits per heavy atom. The van der Waals surface area contributed by atoms with E-state index in [1.807, 2.05) is 13.8 Å². The highest BCUT2D eigenvalue weighted by Crippen LogP contribution is 2.16. The predicted octanol–water partition coefficient (Wildman–Crippen LogP) is 0.714. The molecule has 0 bridgehead atoms. The zero-order valence-electron chi connectivity index (χ0n) is 15.6. The van der Waals surface area contributed by atoms with Gasteiger partial charge in [0.15, 0.2) is 0 Å². The Morgan fingerprint density at radius 2 is 1.73 bits per heavy atom. The number of likely N-dealkylation sites (N-methyl/N-ethyl adjacent to an activating group) is 1. The van der Waals surface area contributed by atoms with Gasteiger partial charge in [0.25, 0.3) is 5.91 Å². The summed E-state index contributed by atoms with van der Waals surface area (Å²) in [4.78, 5) is 47.0.